The Hall–Kier alpha value is -2.34. The molecule has 1 heterocycles. The van der Waals surface area contributed by atoms with Crippen molar-refractivity contribution in [2.75, 3.05) is 0 Å². The topological polar surface area (TPSA) is 30.7 Å². The van der Waals surface area contributed by atoms with Gasteiger partial charge in [-0.15, -0.1) is 0 Å². The molecule has 3 nitrogen and oxygen atoms in total. The minimum atomic E-state index is -1.30. The summed E-state index contributed by atoms with van der Waals surface area (Å²) in [6.07, 6.45) is 4.09. The van der Waals surface area contributed by atoms with Crippen LogP contribution >= 0.6 is 0 Å². The molecule has 6 heteroatoms. The Morgan fingerprint density at radius 1 is 0.826 bits per heavy atom. The standard InChI is InChI=1S/C17H17F2N3Si/c18-16-5-1-14(2-6-16)9-23(13-22-12-20-11-21-22)10-15-3-7-17(19)8-4-15/h1-8,11-12,23H,9-10,13H2. The molecular weight excluding hydrogens is 312 g/mol. The molecule has 0 aliphatic carbocycles. The van der Waals surface area contributed by atoms with Gasteiger partial charge in [-0.25, -0.2) is 13.8 Å². The van der Waals surface area contributed by atoms with Crippen LogP contribution in [0.2, 0.25) is 0 Å². The van der Waals surface area contributed by atoms with Crippen molar-refractivity contribution in [3.63, 3.8) is 0 Å². The minimum Gasteiger partial charge on any atom is -0.256 e. The first-order chi connectivity index (χ1) is 11.2. The number of hydrogen-bond donors (Lipinski definition) is 0. The second kappa shape index (κ2) is 7.28. The lowest BCUT2D eigenvalue weighted by Crippen LogP contribution is -2.28. The van der Waals surface area contributed by atoms with E-state index in [4.69, 9.17) is 0 Å². The van der Waals surface area contributed by atoms with E-state index in [1.165, 1.54) is 30.6 Å². The maximum atomic E-state index is 13.1. The van der Waals surface area contributed by atoms with Crippen LogP contribution in [0.5, 0.6) is 0 Å². The van der Waals surface area contributed by atoms with E-state index in [2.05, 4.69) is 10.1 Å². The van der Waals surface area contributed by atoms with Crippen molar-refractivity contribution in [1.82, 2.24) is 14.8 Å². The summed E-state index contributed by atoms with van der Waals surface area (Å²) in [7, 11) is -1.30. The van der Waals surface area contributed by atoms with Gasteiger partial charge in [0.25, 0.3) is 0 Å². The van der Waals surface area contributed by atoms with Crippen molar-refractivity contribution in [3.05, 3.63) is 83.9 Å². The van der Waals surface area contributed by atoms with E-state index in [1.807, 2.05) is 28.9 Å². The van der Waals surface area contributed by atoms with Crippen LogP contribution in [0.25, 0.3) is 0 Å². The predicted octanol–water partition coefficient (Wildman–Crippen LogP) is 2.89. The van der Waals surface area contributed by atoms with Crippen LogP contribution in [0.4, 0.5) is 8.78 Å². The summed E-state index contributed by atoms with van der Waals surface area (Å²) in [5, 5.41) is 4.19. The Bertz CT molecular complexity index is 680. The fourth-order valence-electron chi connectivity index (χ4n) is 2.70. The van der Waals surface area contributed by atoms with E-state index in [0.717, 1.165) is 29.4 Å². The van der Waals surface area contributed by atoms with E-state index < -0.39 is 8.80 Å². The lowest BCUT2D eigenvalue weighted by atomic mass is 10.2. The molecule has 0 fully saturated rings. The van der Waals surface area contributed by atoms with Gasteiger partial charge >= 0.3 is 0 Å². The first kappa shape index (κ1) is 15.5. The van der Waals surface area contributed by atoms with Crippen LogP contribution in [-0.4, -0.2) is 23.6 Å². The molecule has 0 atom stereocenters. The molecule has 2 aromatic carbocycles. The highest BCUT2D eigenvalue weighted by molar-refractivity contribution is 6.56. The van der Waals surface area contributed by atoms with E-state index in [0.29, 0.717) is 0 Å². The molecule has 0 N–H and O–H groups in total. The van der Waals surface area contributed by atoms with Crippen LogP contribution in [0.1, 0.15) is 11.1 Å². The van der Waals surface area contributed by atoms with E-state index in [9.17, 15) is 8.78 Å². The highest BCUT2D eigenvalue weighted by Gasteiger charge is 2.14. The molecule has 0 radical (unpaired) electrons. The van der Waals surface area contributed by atoms with Crippen molar-refractivity contribution >= 4 is 8.80 Å². The largest absolute Gasteiger partial charge is 0.256 e. The third kappa shape index (κ3) is 4.56. The van der Waals surface area contributed by atoms with Crippen LogP contribution in [0.3, 0.4) is 0 Å². The first-order valence-corrected chi connectivity index (χ1v) is 9.95. The van der Waals surface area contributed by atoms with Gasteiger partial charge in [-0.3, -0.25) is 4.68 Å². The molecule has 118 valence electrons. The molecule has 0 aliphatic heterocycles. The van der Waals surface area contributed by atoms with Crippen molar-refractivity contribution < 1.29 is 8.78 Å². The SMILES string of the molecule is Fc1ccc(C[SiH](Cc2ccc(F)cc2)Cn2cncn2)cc1. The van der Waals surface area contributed by atoms with Crippen LogP contribution in [0.15, 0.2) is 61.2 Å². The number of aromatic nitrogens is 3. The number of halogens is 2. The van der Waals surface area contributed by atoms with Crippen LogP contribution < -0.4 is 0 Å². The molecule has 0 unspecified atom stereocenters. The van der Waals surface area contributed by atoms with Gasteiger partial charge in [-0.2, -0.15) is 5.10 Å². The highest BCUT2D eigenvalue weighted by Crippen LogP contribution is 2.11. The van der Waals surface area contributed by atoms with Gasteiger partial charge in [-0.1, -0.05) is 35.4 Å². The second-order valence-electron chi connectivity index (χ2n) is 5.64. The van der Waals surface area contributed by atoms with E-state index in [1.54, 1.807) is 6.33 Å². The number of rotatable bonds is 6. The molecule has 1 aromatic heterocycles. The summed E-state index contributed by atoms with van der Waals surface area (Å²) in [5.74, 6) is -0.441. The Morgan fingerprint density at radius 3 is 1.78 bits per heavy atom. The molecule has 3 aromatic rings. The number of nitrogens with zero attached hydrogens (tertiary/aromatic N) is 3. The zero-order valence-electron chi connectivity index (χ0n) is 12.6. The van der Waals surface area contributed by atoms with Crippen LogP contribution in [-0.2, 0) is 18.3 Å². The first-order valence-electron chi connectivity index (χ1n) is 7.50. The lowest BCUT2D eigenvalue weighted by molar-refractivity contribution is 0.627. The molecule has 0 spiro atoms. The monoisotopic (exact) mass is 329 g/mol. The maximum Gasteiger partial charge on any atom is 0.137 e. The molecule has 3 rings (SSSR count). The quantitative estimate of drug-likeness (QED) is 0.651. The summed E-state index contributed by atoms with van der Waals surface area (Å²) in [6, 6.07) is 15.2. The van der Waals surface area contributed by atoms with Gasteiger partial charge in [0.05, 0.1) is 8.80 Å². The molecule has 0 bridgehead atoms. The summed E-state index contributed by atoms with van der Waals surface area (Å²) < 4.78 is 28.0. The van der Waals surface area contributed by atoms with E-state index >= 15 is 0 Å². The number of hydrogen-bond acceptors (Lipinski definition) is 2. The fraction of sp³-hybridized carbons (Fsp3) is 0.176. The van der Waals surface area contributed by atoms with Gasteiger partial charge < -0.3 is 0 Å². The van der Waals surface area contributed by atoms with Gasteiger partial charge in [0.2, 0.25) is 0 Å². The second-order valence-corrected chi connectivity index (χ2v) is 8.56. The van der Waals surface area contributed by atoms with E-state index in [-0.39, 0.29) is 11.6 Å². The fourth-order valence-corrected chi connectivity index (χ4v) is 5.70. The highest BCUT2D eigenvalue weighted by atomic mass is 28.3. The average molecular weight is 329 g/mol. The summed E-state index contributed by atoms with van der Waals surface area (Å²) >= 11 is 0. The molecular formula is C17H17F2N3Si. The Morgan fingerprint density at radius 2 is 1.35 bits per heavy atom. The van der Waals surface area contributed by atoms with Crippen molar-refractivity contribution in [2.24, 2.45) is 0 Å². The number of benzene rings is 2. The van der Waals surface area contributed by atoms with Gasteiger partial charge in [0, 0.05) is 6.17 Å². The summed E-state index contributed by atoms with van der Waals surface area (Å²) in [4.78, 5) is 3.99. The molecule has 0 aliphatic rings. The third-order valence-electron chi connectivity index (χ3n) is 3.79. The Balaban J connectivity index is 1.75. The van der Waals surface area contributed by atoms with Gasteiger partial charge in [-0.05, 0) is 36.4 Å². The van der Waals surface area contributed by atoms with Crippen molar-refractivity contribution in [3.8, 4) is 0 Å². The molecule has 0 saturated heterocycles. The maximum absolute atomic E-state index is 13.1. The lowest BCUT2D eigenvalue weighted by Gasteiger charge is -2.16. The summed E-state index contributed by atoms with van der Waals surface area (Å²) in [5.41, 5.74) is 2.26. The zero-order chi connectivity index (χ0) is 16.1. The molecule has 23 heavy (non-hydrogen) atoms. The smallest absolute Gasteiger partial charge is 0.137 e. The minimum absolute atomic E-state index is 0.221. The summed E-state index contributed by atoms with van der Waals surface area (Å²) in [6.45, 7) is 0. The zero-order valence-corrected chi connectivity index (χ0v) is 13.7. The molecule has 0 amide bonds. The van der Waals surface area contributed by atoms with Gasteiger partial charge in [0.1, 0.15) is 24.3 Å². The van der Waals surface area contributed by atoms with Crippen molar-refractivity contribution in [2.45, 2.75) is 18.3 Å². The van der Waals surface area contributed by atoms with Crippen molar-refractivity contribution in [1.29, 1.82) is 0 Å². The Labute approximate surface area is 135 Å². The normalized spacial score (nSPS) is 11.1. The van der Waals surface area contributed by atoms with Gasteiger partial charge in [0.15, 0.2) is 0 Å². The molecule has 0 saturated carbocycles. The van der Waals surface area contributed by atoms with Crippen LogP contribution in [0, 0.1) is 11.6 Å². The average Bonchev–Trinajstić information content (AvgIpc) is 3.05. The third-order valence-corrected chi connectivity index (χ3v) is 6.78. The Kier molecular flexibility index (Phi) is 4.92. The predicted molar refractivity (Wildman–Crippen MR) is 87.4 cm³/mol.